The summed E-state index contributed by atoms with van der Waals surface area (Å²) in [6, 6.07) is 0. The van der Waals surface area contributed by atoms with Crippen molar-refractivity contribution in [3.05, 3.63) is 21.7 Å². The molecule has 0 aromatic carbocycles. The van der Waals surface area contributed by atoms with Crippen LogP contribution in [0.2, 0.25) is 5.02 Å². The Kier molecular flexibility index (Phi) is 2.90. The summed E-state index contributed by atoms with van der Waals surface area (Å²) >= 11 is 5.87. The van der Waals surface area contributed by atoms with E-state index in [1.165, 1.54) is 6.33 Å². The molecule has 0 radical (unpaired) electrons. The molecular formula is C10H15ClN4O. The number of hydrogen-bond acceptors (Lipinski definition) is 4. The molecule has 6 heteroatoms. The van der Waals surface area contributed by atoms with Crippen LogP contribution in [0, 0.1) is 5.92 Å². The number of H-pyrrole nitrogens is 1. The van der Waals surface area contributed by atoms with Crippen LogP contribution in [-0.4, -0.2) is 22.1 Å². The molecule has 0 bridgehead atoms. The molecular weight excluding hydrogens is 228 g/mol. The van der Waals surface area contributed by atoms with Crippen molar-refractivity contribution in [1.29, 1.82) is 0 Å². The Bertz CT molecular complexity index is 443. The van der Waals surface area contributed by atoms with Gasteiger partial charge in [-0.25, -0.2) is 4.98 Å². The number of halogens is 1. The summed E-state index contributed by atoms with van der Waals surface area (Å²) in [5, 5.41) is 3.27. The van der Waals surface area contributed by atoms with Crippen molar-refractivity contribution >= 4 is 17.4 Å². The number of rotatable bonds is 4. The predicted octanol–water partition coefficient (Wildman–Crippen LogP) is 0.963. The first-order chi connectivity index (χ1) is 7.57. The predicted molar refractivity (Wildman–Crippen MR) is 63.7 cm³/mol. The van der Waals surface area contributed by atoms with Gasteiger partial charge in [0.25, 0.3) is 5.56 Å². The van der Waals surface area contributed by atoms with Crippen LogP contribution >= 0.6 is 11.6 Å². The fourth-order valence-electron chi connectivity index (χ4n) is 1.78. The van der Waals surface area contributed by atoms with E-state index >= 15 is 0 Å². The molecule has 1 heterocycles. The number of nitrogens with one attached hydrogen (secondary N) is 2. The fraction of sp³-hybridized carbons (Fsp3) is 0.600. The van der Waals surface area contributed by atoms with Gasteiger partial charge in [-0.3, -0.25) is 4.79 Å². The number of hydrogen-bond donors (Lipinski definition) is 3. The minimum atomic E-state index is -0.339. The zero-order chi connectivity index (χ0) is 11.8. The van der Waals surface area contributed by atoms with Crippen LogP contribution in [-0.2, 0) is 0 Å². The van der Waals surface area contributed by atoms with Gasteiger partial charge in [-0.2, -0.15) is 0 Å². The van der Waals surface area contributed by atoms with Crippen molar-refractivity contribution in [3.8, 4) is 0 Å². The van der Waals surface area contributed by atoms with Crippen LogP contribution in [0.1, 0.15) is 19.8 Å². The largest absolute Gasteiger partial charge is 0.362 e. The molecule has 88 valence electrons. The highest BCUT2D eigenvalue weighted by molar-refractivity contribution is 6.32. The molecule has 0 aliphatic heterocycles. The van der Waals surface area contributed by atoms with Gasteiger partial charge in [0, 0.05) is 6.54 Å². The number of anilines is 1. The molecule has 0 saturated heterocycles. The van der Waals surface area contributed by atoms with E-state index in [1.807, 2.05) is 6.92 Å². The zero-order valence-electron chi connectivity index (χ0n) is 9.09. The average molecular weight is 243 g/mol. The summed E-state index contributed by atoms with van der Waals surface area (Å²) in [7, 11) is 0. The summed E-state index contributed by atoms with van der Waals surface area (Å²) in [6.45, 7) is 2.52. The Hall–Kier alpha value is -1.07. The van der Waals surface area contributed by atoms with Gasteiger partial charge in [0.15, 0.2) is 5.82 Å². The number of aromatic amines is 1. The van der Waals surface area contributed by atoms with Crippen LogP contribution in [0.15, 0.2) is 11.1 Å². The first-order valence-electron chi connectivity index (χ1n) is 5.28. The minimum Gasteiger partial charge on any atom is -0.362 e. The minimum absolute atomic E-state index is 0.0859. The third kappa shape index (κ3) is 2.05. The van der Waals surface area contributed by atoms with Crippen LogP contribution in [0.4, 0.5) is 5.82 Å². The summed E-state index contributed by atoms with van der Waals surface area (Å²) in [5.74, 6) is 0.944. The lowest BCUT2D eigenvalue weighted by atomic mass is 9.96. The standard InChI is InChI=1S/C10H15ClN4O/c1-10(4-12,6-2-3-6)15-8-7(11)9(16)14-5-13-8/h5-6H,2-4,12H2,1H3,(H2,13,14,15,16). The van der Waals surface area contributed by atoms with Crippen molar-refractivity contribution in [2.45, 2.75) is 25.3 Å². The van der Waals surface area contributed by atoms with Crippen molar-refractivity contribution in [3.63, 3.8) is 0 Å². The SMILES string of the molecule is CC(CN)(Nc1nc[nH]c(=O)c1Cl)C1CC1. The van der Waals surface area contributed by atoms with Crippen LogP contribution < -0.4 is 16.6 Å². The van der Waals surface area contributed by atoms with Crippen LogP contribution in [0.25, 0.3) is 0 Å². The highest BCUT2D eigenvalue weighted by Crippen LogP contribution is 2.41. The van der Waals surface area contributed by atoms with Gasteiger partial charge in [-0.05, 0) is 25.7 Å². The van der Waals surface area contributed by atoms with E-state index in [2.05, 4.69) is 15.3 Å². The van der Waals surface area contributed by atoms with Gasteiger partial charge in [-0.1, -0.05) is 11.6 Å². The van der Waals surface area contributed by atoms with Crippen LogP contribution in [0.5, 0.6) is 0 Å². The van der Waals surface area contributed by atoms with Crippen LogP contribution in [0.3, 0.4) is 0 Å². The van der Waals surface area contributed by atoms with E-state index < -0.39 is 0 Å². The van der Waals surface area contributed by atoms with Crippen molar-refractivity contribution < 1.29 is 0 Å². The van der Waals surface area contributed by atoms with Gasteiger partial charge in [0.1, 0.15) is 5.02 Å². The van der Waals surface area contributed by atoms with Gasteiger partial charge in [0.2, 0.25) is 0 Å². The van der Waals surface area contributed by atoms with Gasteiger partial charge in [-0.15, -0.1) is 0 Å². The highest BCUT2D eigenvalue weighted by Gasteiger charge is 2.41. The first kappa shape index (κ1) is 11.4. The molecule has 1 aromatic rings. The highest BCUT2D eigenvalue weighted by atomic mass is 35.5. The molecule has 1 aliphatic rings. The molecule has 2 rings (SSSR count). The molecule has 1 saturated carbocycles. The Morgan fingerprint density at radius 1 is 1.75 bits per heavy atom. The molecule has 1 unspecified atom stereocenters. The number of aromatic nitrogens is 2. The molecule has 0 amide bonds. The van der Waals surface area contributed by atoms with E-state index in [4.69, 9.17) is 17.3 Å². The normalized spacial score (nSPS) is 19.2. The second-order valence-corrected chi connectivity index (χ2v) is 4.79. The monoisotopic (exact) mass is 242 g/mol. The molecule has 16 heavy (non-hydrogen) atoms. The van der Waals surface area contributed by atoms with E-state index in [0.717, 1.165) is 12.8 Å². The lowest BCUT2D eigenvalue weighted by Gasteiger charge is -2.30. The third-order valence-electron chi connectivity index (χ3n) is 3.10. The molecule has 0 spiro atoms. The maximum absolute atomic E-state index is 11.3. The quantitative estimate of drug-likeness (QED) is 0.735. The van der Waals surface area contributed by atoms with E-state index in [9.17, 15) is 4.79 Å². The zero-order valence-corrected chi connectivity index (χ0v) is 9.84. The Morgan fingerprint density at radius 3 is 3.00 bits per heavy atom. The van der Waals surface area contributed by atoms with E-state index in [-0.39, 0.29) is 16.1 Å². The molecule has 1 fully saturated rings. The summed E-state index contributed by atoms with van der Waals surface area (Å²) in [6.07, 6.45) is 3.64. The summed E-state index contributed by atoms with van der Waals surface area (Å²) < 4.78 is 0. The third-order valence-corrected chi connectivity index (χ3v) is 3.45. The maximum Gasteiger partial charge on any atom is 0.271 e. The smallest absolute Gasteiger partial charge is 0.271 e. The molecule has 1 atom stereocenters. The summed E-state index contributed by atoms with van der Waals surface area (Å²) in [5.41, 5.74) is 5.19. The molecule has 4 N–H and O–H groups in total. The number of nitrogens with zero attached hydrogens (tertiary/aromatic N) is 1. The van der Waals surface area contributed by atoms with Gasteiger partial charge >= 0.3 is 0 Å². The Morgan fingerprint density at radius 2 is 2.44 bits per heavy atom. The maximum atomic E-state index is 11.3. The lowest BCUT2D eigenvalue weighted by Crippen LogP contribution is -2.45. The topological polar surface area (TPSA) is 83.8 Å². The molecule has 1 aliphatic carbocycles. The van der Waals surface area contributed by atoms with Gasteiger partial charge < -0.3 is 16.0 Å². The number of nitrogens with two attached hydrogens (primary N) is 1. The molecule has 1 aromatic heterocycles. The van der Waals surface area contributed by atoms with Crippen molar-refractivity contribution in [1.82, 2.24) is 9.97 Å². The van der Waals surface area contributed by atoms with Crippen molar-refractivity contribution in [2.75, 3.05) is 11.9 Å². The Balaban J connectivity index is 2.25. The summed E-state index contributed by atoms with van der Waals surface area (Å²) in [4.78, 5) is 17.7. The Labute approximate surface area is 98.4 Å². The second kappa shape index (κ2) is 4.07. The first-order valence-corrected chi connectivity index (χ1v) is 5.66. The molecule has 5 nitrogen and oxygen atoms in total. The lowest BCUT2D eigenvalue weighted by molar-refractivity contribution is 0.457. The average Bonchev–Trinajstić information content (AvgIpc) is 3.08. The fourth-order valence-corrected chi connectivity index (χ4v) is 1.93. The van der Waals surface area contributed by atoms with E-state index in [0.29, 0.717) is 18.3 Å². The van der Waals surface area contributed by atoms with Crippen molar-refractivity contribution in [2.24, 2.45) is 11.7 Å². The second-order valence-electron chi connectivity index (χ2n) is 4.42. The van der Waals surface area contributed by atoms with Gasteiger partial charge in [0.05, 0.1) is 11.9 Å². The van der Waals surface area contributed by atoms with E-state index in [1.54, 1.807) is 0 Å².